The molecule has 0 spiro atoms. The van der Waals surface area contributed by atoms with E-state index in [0.29, 0.717) is 6.07 Å². The van der Waals surface area contributed by atoms with E-state index in [9.17, 15) is 35.9 Å². The molecule has 1 aliphatic heterocycles. The molecule has 0 aliphatic carbocycles. The van der Waals surface area contributed by atoms with Crippen LogP contribution in [-0.4, -0.2) is 40.2 Å². The molecule has 2 aromatic rings. The normalized spacial score (nSPS) is 15.9. The predicted octanol–water partition coefficient (Wildman–Crippen LogP) is 4.40. The number of alkyl halides is 6. The summed E-state index contributed by atoms with van der Waals surface area (Å²) in [4.78, 5) is 33.7. The summed E-state index contributed by atoms with van der Waals surface area (Å²) in [6.07, 6.45) is -11.3. The number of nitrogens with zero attached hydrogens (tertiary/aromatic N) is 3. The Morgan fingerprint density at radius 2 is 1.91 bits per heavy atom. The van der Waals surface area contributed by atoms with Gasteiger partial charge in [-0.15, -0.1) is 0 Å². The van der Waals surface area contributed by atoms with Crippen LogP contribution >= 0.6 is 11.6 Å². The molecule has 8 nitrogen and oxygen atoms in total. The molecule has 1 fully saturated rings. The SMILES string of the molecule is CC1(C)CN(c2ncc(C(=O)Nc3c(Cl)ccc(C(F)(F)F)c3CC(F)(F)F)c(N)n2)C(=O)N1. The van der Waals surface area contributed by atoms with Gasteiger partial charge in [0.25, 0.3) is 5.91 Å². The number of hydrogen-bond donors (Lipinski definition) is 3. The van der Waals surface area contributed by atoms with Crippen LogP contribution in [0.5, 0.6) is 0 Å². The molecule has 1 aliphatic rings. The number of urea groups is 1. The molecule has 3 rings (SSSR count). The maximum Gasteiger partial charge on any atom is 0.416 e. The van der Waals surface area contributed by atoms with Crippen molar-refractivity contribution in [2.45, 2.75) is 38.2 Å². The lowest BCUT2D eigenvalue weighted by molar-refractivity contribution is -0.143. The summed E-state index contributed by atoms with van der Waals surface area (Å²) in [5, 5.41) is 4.08. The van der Waals surface area contributed by atoms with Crippen molar-refractivity contribution < 1.29 is 35.9 Å². The Morgan fingerprint density at radius 1 is 1.26 bits per heavy atom. The average molecular weight is 511 g/mol. The summed E-state index contributed by atoms with van der Waals surface area (Å²) in [5.41, 5.74) is 0.990. The van der Waals surface area contributed by atoms with Gasteiger partial charge in [-0.2, -0.15) is 31.3 Å². The van der Waals surface area contributed by atoms with Crippen molar-refractivity contribution in [1.29, 1.82) is 0 Å². The van der Waals surface area contributed by atoms with Gasteiger partial charge in [-0.3, -0.25) is 9.69 Å². The lowest BCUT2D eigenvalue weighted by atomic mass is 10.0. The quantitative estimate of drug-likeness (QED) is 0.528. The Hall–Kier alpha value is -3.29. The number of carbonyl (C=O) groups is 2. The number of nitrogen functional groups attached to an aromatic ring is 1. The zero-order valence-corrected chi connectivity index (χ0v) is 18.3. The summed E-state index contributed by atoms with van der Waals surface area (Å²) in [7, 11) is 0. The minimum Gasteiger partial charge on any atom is -0.383 e. The third-order valence-electron chi connectivity index (χ3n) is 4.72. The number of aromatic nitrogens is 2. The molecule has 0 unspecified atom stereocenters. The molecule has 0 saturated carbocycles. The summed E-state index contributed by atoms with van der Waals surface area (Å²) < 4.78 is 79.1. The second-order valence-electron chi connectivity index (χ2n) is 8.06. The van der Waals surface area contributed by atoms with Gasteiger partial charge in [0.1, 0.15) is 11.4 Å². The largest absolute Gasteiger partial charge is 0.416 e. The molecule has 184 valence electrons. The summed E-state index contributed by atoms with van der Waals surface area (Å²) in [5.74, 6) is -1.80. The standard InChI is InChI=1S/C19H17ClF6N6O2/c1-17(2)7-32(16(34)31-17)15-28-6-9(13(27)30-15)14(33)29-12-8(5-18(21,22)23)10(19(24,25)26)3-4-11(12)20/h3-4,6H,5,7H2,1-2H3,(H,29,33)(H,31,34)(H2,27,28,30). The number of amides is 3. The maximum absolute atomic E-state index is 13.3. The number of halogens is 7. The Labute approximate surface area is 193 Å². The third-order valence-corrected chi connectivity index (χ3v) is 5.03. The second kappa shape index (κ2) is 8.49. The molecular formula is C19H17ClF6N6O2. The van der Waals surface area contributed by atoms with Crippen LogP contribution in [0.25, 0.3) is 0 Å². The average Bonchev–Trinajstić information content (AvgIpc) is 2.94. The van der Waals surface area contributed by atoms with Gasteiger partial charge < -0.3 is 16.4 Å². The highest BCUT2D eigenvalue weighted by atomic mass is 35.5. The molecule has 1 aromatic carbocycles. The first-order valence-corrected chi connectivity index (χ1v) is 9.85. The minimum atomic E-state index is -5.14. The Morgan fingerprint density at radius 3 is 2.41 bits per heavy atom. The third kappa shape index (κ3) is 5.43. The zero-order valence-electron chi connectivity index (χ0n) is 17.5. The molecule has 0 atom stereocenters. The van der Waals surface area contributed by atoms with E-state index in [0.717, 1.165) is 17.2 Å². The zero-order chi connectivity index (χ0) is 25.6. The topological polar surface area (TPSA) is 113 Å². The van der Waals surface area contributed by atoms with Gasteiger partial charge in [0.15, 0.2) is 0 Å². The van der Waals surface area contributed by atoms with Crippen molar-refractivity contribution in [3.8, 4) is 0 Å². The fourth-order valence-electron chi connectivity index (χ4n) is 3.30. The van der Waals surface area contributed by atoms with Gasteiger partial charge in [0.2, 0.25) is 5.95 Å². The van der Waals surface area contributed by atoms with Gasteiger partial charge in [0, 0.05) is 6.20 Å². The van der Waals surface area contributed by atoms with Crippen LogP contribution in [0.3, 0.4) is 0 Å². The van der Waals surface area contributed by atoms with E-state index < -0.39 is 69.5 Å². The number of nitrogens with two attached hydrogens (primary N) is 1. The number of nitrogens with one attached hydrogen (secondary N) is 2. The van der Waals surface area contributed by atoms with E-state index in [4.69, 9.17) is 17.3 Å². The van der Waals surface area contributed by atoms with Gasteiger partial charge >= 0.3 is 18.4 Å². The smallest absolute Gasteiger partial charge is 0.383 e. The first kappa shape index (κ1) is 25.3. The molecule has 15 heteroatoms. The Kier molecular flexibility index (Phi) is 6.33. The summed E-state index contributed by atoms with van der Waals surface area (Å²) in [6.45, 7) is 3.66. The Balaban J connectivity index is 1.96. The summed E-state index contributed by atoms with van der Waals surface area (Å²) in [6, 6.07) is 0.596. The van der Waals surface area contributed by atoms with Crippen molar-refractivity contribution in [3.63, 3.8) is 0 Å². The lowest BCUT2D eigenvalue weighted by Gasteiger charge is -2.20. The molecule has 3 amide bonds. The van der Waals surface area contributed by atoms with Gasteiger partial charge in [-0.05, 0) is 31.5 Å². The van der Waals surface area contributed by atoms with E-state index in [1.54, 1.807) is 13.8 Å². The van der Waals surface area contributed by atoms with E-state index in [-0.39, 0.29) is 12.5 Å². The number of benzene rings is 1. The summed E-state index contributed by atoms with van der Waals surface area (Å²) >= 11 is 5.84. The number of anilines is 3. The highest BCUT2D eigenvalue weighted by Gasteiger charge is 2.40. The number of hydrogen-bond acceptors (Lipinski definition) is 5. The van der Waals surface area contributed by atoms with E-state index in [2.05, 4.69) is 15.3 Å². The molecule has 0 radical (unpaired) electrons. The van der Waals surface area contributed by atoms with Crippen molar-refractivity contribution in [1.82, 2.24) is 15.3 Å². The minimum absolute atomic E-state index is 0.146. The first-order valence-electron chi connectivity index (χ1n) is 9.47. The number of carbonyl (C=O) groups excluding carboxylic acids is 2. The van der Waals surface area contributed by atoms with Crippen LogP contribution in [0.15, 0.2) is 18.3 Å². The van der Waals surface area contributed by atoms with E-state index in [1.807, 2.05) is 5.32 Å². The van der Waals surface area contributed by atoms with Crippen LogP contribution in [-0.2, 0) is 12.6 Å². The molecular weight excluding hydrogens is 494 g/mol. The van der Waals surface area contributed by atoms with Crippen LogP contribution in [0.1, 0.15) is 35.3 Å². The van der Waals surface area contributed by atoms with Crippen LogP contribution in [0.2, 0.25) is 5.02 Å². The van der Waals surface area contributed by atoms with Crippen LogP contribution in [0, 0.1) is 0 Å². The van der Waals surface area contributed by atoms with Gasteiger partial charge in [-0.25, -0.2) is 9.78 Å². The van der Waals surface area contributed by atoms with Crippen molar-refractivity contribution in [3.05, 3.63) is 40.0 Å². The van der Waals surface area contributed by atoms with Crippen molar-refractivity contribution in [2.75, 3.05) is 22.5 Å². The van der Waals surface area contributed by atoms with Crippen molar-refractivity contribution >= 4 is 41.0 Å². The van der Waals surface area contributed by atoms with Crippen molar-refractivity contribution in [2.24, 2.45) is 0 Å². The molecule has 0 bridgehead atoms. The van der Waals surface area contributed by atoms with E-state index in [1.165, 1.54) is 0 Å². The Bertz CT molecular complexity index is 1150. The highest BCUT2D eigenvalue weighted by molar-refractivity contribution is 6.34. The molecule has 4 N–H and O–H groups in total. The fourth-order valence-corrected chi connectivity index (χ4v) is 3.52. The van der Waals surface area contributed by atoms with E-state index >= 15 is 0 Å². The first-order chi connectivity index (χ1) is 15.5. The molecule has 1 saturated heterocycles. The molecule has 2 heterocycles. The van der Waals surface area contributed by atoms with Crippen LogP contribution in [0.4, 0.5) is 48.6 Å². The second-order valence-corrected chi connectivity index (χ2v) is 8.47. The maximum atomic E-state index is 13.3. The lowest BCUT2D eigenvalue weighted by Crippen LogP contribution is -2.36. The van der Waals surface area contributed by atoms with Gasteiger partial charge in [-0.1, -0.05) is 11.6 Å². The fraction of sp³-hybridized carbons (Fsp3) is 0.368. The monoisotopic (exact) mass is 510 g/mol. The van der Waals surface area contributed by atoms with Crippen LogP contribution < -0.4 is 21.3 Å². The number of rotatable bonds is 4. The highest BCUT2D eigenvalue weighted by Crippen LogP contribution is 2.41. The molecule has 34 heavy (non-hydrogen) atoms. The molecule has 1 aromatic heterocycles. The predicted molar refractivity (Wildman–Crippen MR) is 111 cm³/mol. The van der Waals surface area contributed by atoms with Gasteiger partial charge in [0.05, 0.1) is 34.8 Å².